The molecule has 0 aromatic heterocycles. The molecule has 1 aromatic rings. The second-order valence-electron chi connectivity index (χ2n) is 4.25. The van der Waals surface area contributed by atoms with E-state index in [1.807, 2.05) is 18.2 Å². The molecule has 106 valence electrons. The molecular formula is C14H22N2O3. The van der Waals surface area contributed by atoms with Crippen molar-refractivity contribution in [3.8, 4) is 0 Å². The minimum Gasteiger partial charge on any atom is -0.481 e. The van der Waals surface area contributed by atoms with Gasteiger partial charge in [-0.3, -0.25) is 4.79 Å². The van der Waals surface area contributed by atoms with Crippen molar-refractivity contribution in [3.63, 3.8) is 0 Å². The van der Waals surface area contributed by atoms with Crippen molar-refractivity contribution < 1.29 is 14.6 Å². The van der Waals surface area contributed by atoms with Crippen molar-refractivity contribution in [2.45, 2.75) is 26.9 Å². The number of nitrogens with zero attached hydrogens (tertiary/aromatic N) is 1. The molecule has 1 rings (SSSR count). The number of hydrogen-bond acceptors (Lipinski definition) is 4. The molecule has 0 amide bonds. The molecule has 5 heteroatoms. The lowest BCUT2D eigenvalue weighted by atomic mass is 10.1. The van der Waals surface area contributed by atoms with Gasteiger partial charge in [0.2, 0.25) is 0 Å². The number of nitrogen functional groups attached to an aromatic ring is 1. The summed E-state index contributed by atoms with van der Waals surface area (Å²) >= 11 is 0. The molecule has 0 unspecified atom stereocenters. The van der Waals surface area contributed by atoms with Crippen LogP contribution in [0, 0.1) is 0 Å². The number of aliphatic carboxylic acids is 1. The fourth-order valence-electron chi connectivity index (χ4n) is 1.84. The Hall–Kier alpha value is -1.75. The number of hydrogen-bond donors (Lipinski definition) is 2. The standard InChI is InChI=1S/C14H22N2O3/c1-3-16(4-2)12-6-5-11(13(15)9-12)10-19-8-7-14(17)18/h5-6,9H,3-4,7-8,10,15H2,1-2H3,(H,17,18). The summed E-state index contributed by atoms with van der Waals surface area (Å²) in [6, 6.07) is 5.88. The van der Waals surface area contributed by atoms with Crippen LogP contribution in [-0.4, -0.2) is 30.8 Å². The van der Waals surface area contributed by atoms with E-state index < -0.39 is 5.97 Å². The van der Waals surface area contributed by atoms with Gasteiger partial charge in [0.05, 0.1) is 19.6 Å². The molecule has 0 aliphatic carbocycles. The molecule has 5 nitrogen and oxygen atoms in total. The summed E-state index contributed by atoms with van der Waals surface area (Å²) in [5.41, 5.74) is 8.65. The smallest absolute Gasteiger partial charge is 0.305 e. The first kappa shape index (κ1) is 15.3. The summed E-state index contributed by atoms with van der Waals surface area (Å²) in [6.07, 6.45) is 0.0113. The van der Waals surface area contributed by atoms with E-state index >= 15 is 0 Å². The second-order valence-corrected chi connectivity index (χ2v) is 4.25. The van der Waals surface area contributed by atoms with Crippen molar-refractivity contribution in [2.24, 2.45) is 0 Å². The van der Waals surface area contributed by atoms with Gasteiger partial charge in [-0.2, -0.15) is 0 Å². The maximum Gasteiger partial charge on any atom is 0.305 e. The van der Waals surface area contributed by atoms with Gasteiger partial charge >= 0.3 is 5.97 Å². The first-order valence-corrected chi connectivity index (χ1v) is 6.51. The van der Waals surface area contributed by atoms with Crippen LogP contribution >= 0.6 is 0 Å². The number of nitrogens with two attached hydrogens (primary N) is 1. The number of carboxylic acids is 1. The van der Waals surface area contributed by atoms with Crippen LogP contribution < -0.4 is 10.6 Å². The highest BCUT2D eigenvalue weighted by atomic mass is 16.5. The molecule has 0 aliphatic heterocycles. The van der Waals surface area contributed by atoms with Crippen LogP contribution in [0.25, 0.3) is 0 Å². The molecule has 0 aliphatic rings. The molecule has 0 atom stereocenters. The van der Waals surface area contributed by atoms with Crippen LogP contribution in [0.15, 0.2) is 18.2 Å². The first-order chi connectivity index (χ1) is 9.08. The summed E-state index contributed by atoms with van der Waals surface area (Å²) < 4.78 is 5.29. The van der Waals surface area contributed by atoms with Crippen molar-refractivity contribution >= 4 is 17.3 Å². The molecule has 0 bridgehead atoms. The summed E-state index contributed by atoms with van der Waals surface area (Å²) in [5.74, 6) is -0.857. The van der Waals surface area contributed by atoms with Gasteiger partial charge in [0.25, 0.3) is 0 Å². The molecule has 0 saturated heterocycles. The zero-order valence-corrected chi connectivity index (χ0v) is 11.6. The fourth-order valence-corrected chi connectivity index (χ4v) is 1.84. The summed E-state index contributed by atoms with van der Waals surface area (Å²) in [7, 11) is 0. The molecule has 0 saturated carbocycles. The number of anilines is 2. The number of benzene rings is 1. The van der Waals surface area contributed by atoms with Crippen LogP contribution in [0.2, 0.25) is 0 Å². The van der Waals surface area contributed by atoms with Crippen LogP contribution in [0.5, 0.6) is 0 Å². The maximum absolute atomic E-state index is 10.4. The Kier molecular flexibility index (Phi) is 6.15. The van der Waals surface area contributed by atoms with Gasteiger partial charge in [-0.05, 0) is 26.0 Å². The molecule has 1 aromatic carbocycles. The lowest BCUT2D eigenvalue weighted by Gasteiger charge is -2.22. The van der Waals surface area contributed by atoms with Gasteiger partial charge in [-0.25, -0.2) is 0 Å². The Bertz CT molecular complexity index is 417. The zero-order valence-electron chi connectivity index (χ0n) is 11.6. The van der Waals surface area contributed by atoms with E-state index in [0.29, 0.717) is 12.3 Å². The Balaban J connectivity index is 2.59. The third-order valence-electron chi connectivity index (χ3n) is 2.98. The van der Waals surface area contributed by atoms with Crippen molar-refractivity contribution in [1.29, 1.82) is 0 Å². The highest BCUT2D eigenvalue weighted by molar-refractivity contribution is 5.66. The van der Waals surface area contributed by atoms with Crippen LogP contribution in [0.1, 0.15) is 25.8 Å². The minimum absolute atomic E-state index is 0.0113. The van der Waals surface area contributed by atoms with Crippen molar-refractivity contribution in [3.05, 3.63) is 23.8 Å². The number of rotatable bonds is 8. The van der Waals surface area contributed by atoms with Crippen LogP contribution in [0.4, 0.5) is 11.4 Å². The average Bonchev–Trinajstić information content (AvgIpc) is 2.38. The second kappa shape index (κ2) is 7.63. The molecular weight excluding hydrogens is 244 g/mol. The highest BCUT2D eigenvalue weighted by Crippen LogP contribution is 2.22. The van der Waals surface area contributed by atoms with E-state index in [-0.39, 0.29) is 13.0 Å². The first-order valence-electron chi connectivity index (χ1n) is 6.51. The monoisotopic (exact) mass is 266 g/mol. The topological polar surface area (TPSA) is 75.8 Å². The predicted molar refractivity (Wildman–Crippen MR) is 76.3 cm³/mol. The number of carbonyl (C=O) groups is 1. The quantitative estimate of drug-likeness (QED) is 0.556. The van der Waals surface area contributed by atoms with E-state index in [0.717, 1.165) is 24.3 Å². The fraction of sp³-hybridized carbons (Fsp3) is 0.500. The van der Waals surface area contributed by atoms with Crippen molar-refractivity contribution in [2.75, 3.05) is 30.3 Å². The summed E-state index contributed by atoms with van der Waals surface area (Å²) in [4.78, 5) is 12.6. The van der Waals surface area contributed by atoms with Crippen molar-refractivity contribution in [1.82, 2.24) is 0 Å². The van der Waals surface area contributed by atoms with Gasteiger partial charge in [-0.15, -0.1) is 0 Å². The summed E-state index contributed by atoms with van der Waals surface area (Å²) in [6.45, 7) is 6.62. The molecule has 0 spiro atoms. The van der Waals surface area contributed by atoms with Crippen LogP contribution in [0.3, 0.4) is 0 Å². The van der Waals surface area contributed by atoms with Crippen LogP contribution in [-0.2, 0) is 16.1 Å². The Morgan fingerprint density at radius 3 is 2.58 bits per heavy atom. The van der Waals surface area contributed by atoms with E-state index in [1.54, 1.807) is 0 Å². The van der Waals surface area contributed by atoms with Gasteiger partial charge in [0, 0.05) is 30.0 Å². The van der Waals surface area contributed by atoms with E-state index in [9.17, 15) is 4.79 Å². The molecule has 3 N–H and O–H groups in total. The number of ether oxygens (including phenoxy) is 1. The molecule has 0 heterocycles. The Morgan fingerprint density at radius 1 is 1.37 bits per heavy atom. The SMILES string of the molecule is CCN(CC)c1ccc(COCCC(=O)O)c(N)c1. The minimum atomic E-state index is -0.857. The van der Waals surface area contributed by atoms with Gasteiger partial charge < -0.3 is 20.5 Å². The molecule has 0 fully saturated rings. The third kappa shape index (κ3) is 4.79. The maximum atomic E-state index is 10.4. The molecule has 19 heavy (non-hydrogen) atoms. The highest BCUT2D eigenvalue weighted by Gasteiger charge is 2.06. The molecule has 0 radical (unpaired) electrons. The summed E-state index contributed by atoms with van der Waals surface area (Å²) in [5, 5.41) is 8.51. The van der Waals surface area contributed by atoms with Gasteiger partial charge in [-0.1, -0.05) is 6.07 Å². The zero-order chi connectivity index (χ0) is 14.3. The van der Waals surface area contributed by atoms with E-state index in [2.05, 4.69) is 18.7 Å². The van der Waals surface area contributed by atoms with E-state index in [1.165, 1.54) is 0 Å². The third-order valence-corrected chi connectivity index (χ3v) is 2.98. The van der Waals surface area contributed by atoms with Gasteiger partial charge in [0.15, 0.2) is 0 Å². The lowest BCUT2D eigenvalue weighted by molar-refractivity contribution is -0.138. The Labute approximate surface area is 114 Å². The van der Waals surface area contributed by atoms with Gasteiger partial charge in [0.1, 0.15) is 0 Å². The normalized spacial score (nSPS) is 10.4. The number of carboxylic acid groups (broad SMARTS) is 1. The average molecular weight is 266 g/mol. The lowest BCUT2D eigenvalue weighted by Crippen LogP contribution is -2.21. The van der Waals surface area contributed by atoms with E-state index in [4.69, 9.17) is 15.6 Å². The largest absolute Gasteiger partial charge is 0.481 e. The Morgan fingerprint density at radius 2 is 2.05 bits per heavy atom. The predicted octanol–water partition coefficient (Wildman–Crippen LogP) is 2.11.